The monoisotopic (exact) mass is 222 g/mol. The molecule has 0 saturated heterocycles. The summed E-state index contributed by atoms with van der Waals surface area (Å²) in [4.78, 5) is 24.4. The van der Waals surface area contributed by atoms with Crippen molar-refractivity contribution in [1.82, 2.24) is 0 Å². The molecule has 0 aliphatic heterocycles. The van der Waals surface area contributed by atoms with Gasteiger partial charge in [-0.05, 0) is 24.3 Å². The first kappa shape index (κ1) is 11.2. The summed E-state index contributed by atoms with van der Waals surface area (Å²) in [5.41, 5.74) is 0.742. The number of carbonyl (C=O) groups is 1. The van der Waals surface area contributed by atoms with Gasteiger partial charge in [-0.1, -0.05) is 18.2 Å². The van der Waals surface area contributed by atoms with Gasteiger partial charge in [-0.15, -0.1) is 0 Å². The van der Waals surface area contributed by atoms with Crippen molar-refractivity contribution >= 4 is 35.0 Å². The molecule has 0 atom stereocenters. The Kier molecular flexibility index (Phi) is 3.80. The van der Waals surface area contributed by atoms with Gasteiger partial charge in [0, 0.05) is 0 Å². The first-order valence-electron chi connectivity index (χ1n) is 3.98. The minimum absolute atomic E-state index is 0.357. The van der Waals surface area contributed by atoms with Crippen molar-refractivity contribution in [2.75, 3.05) is 5.32 Å². The third kappa shape index (κ3) is 3.06. The minimum atomic E-state index is -0.385. The van der Waals surface area contributed by atoms with Gasteiger partial charge >= 0.3 is 0 Å². The molecular weight excluding hydrogens is 216 g/mol. The van der Waals surface area contributed by atoms with Crippen molar-refractivity contribution in [3.63, 3.8) is 0 Å². The Morgan fingerprint density at radius 2 is 2.33 bits per heavy atom. The summed E-state index contributed by atoms with van der Waals surface area (Å²) in [7, 11) is 0. The van der Waals surface area contributed by atoms with Crippen LogP contribution in [-0.4, -0.2) is 12.0 Å². The SMILES string of the molecule is C=CC(=O)Nc1cc(N=C=O)ccc1Cl. The van der Waals surface area contributed by atoms with E-state index < -0.39 is 0 Å². The molecule has 0 radical (unpaired) electrons. The molecular formula is C10H7ClN2O2. The highest BCUT2D eigenvalue weighted by atomic mass is 35.5. The normalized spacial score (nSPS) is 8.87. The molecule has 1 amide bonds. The van der Waals surface area contributed by atoms with E-state index in [0.717, 1.165) is 6.08 Å². The van der Waals surface area contributed by atoms with Gasteiger partial charge in [0.2, 0.25) is 12.0 Å². The second-order valence-electron chi connectivity index (χ2n) is 2.56. The lowest BCUT2D eigenvalue weighted by molar-refractivity contribution is -0.111. The predicted octanol–water partition coefficient (Wildman–Crippen LogP) is 2.43. The average molecular weight is 223 g/mol. The Labute approximate surface area is 91.3 Å². The Balaban J connectivity index is 3.04. The van der Waals surface area contributed by atoms with Gasteiger partial charge in [-0.25, -0.2) is 4.79 Å². The third-order valence-electron chi connectivity index (χ3n) is 1.57. The van der Waals surface area contributed by atoms with Crippen molar-refractivity contribution in [1.29, 1.82) is 0 Å². The molecule has 0 heterocycles. The van der Waals surface area contributed by atoms with E-state index in [2.05, 4.69) is 16.9 Å². The zero-order valence-corrected chi connectivity index (χ0v) is 8.41. The Morgan fingerprint density at radius 1 is 1.60 bits per heavy atom. The second kappa shape index (κ2) is 5.10. The van der Waals surface area contributed by atoms with Gasteiger partial charge in [0.15, 0.2) is 0 Å². The molecule has 0 aliphatic carbocycles. The molecule has 1 aromatic rings. The Bertz CT molecular complexity index is 451. The third-order valence-corrected chi connectivity index (χ3v) is 1.90. The molecule has 15 heavy (non-hydrogen) atoms. The van der Waals surface area contributed by atoms with Crippen LogP contribution in [-0.2, 0) is 9.59 Å². The zero-order chi connectivity index (χ0) is 11.3. The second-order valence-corrected chi connectivity index (χ2v) is 2.97. The summed E-state index contributed by atoms with van der Waals surface area (Å²) in [6, 6.07) is 4.53. The highest BCUT2D eigenvalue weighted by Crippen LogP contribution is 2.26. The van der Waals surface area contributed by atoms with E-state index in [0.29, 0.717) is 16.4 Å². The molecule has 0 saturated carbocycles. The molecule has 5 heteroatoms. The zero-order valence-electron chi connectivity index (χ0n) is 7.66. The largest absolute Gasteiger partial charge is 0.321 e. The first-order chi connectivity index (χ1) is 7.17. The van der Waals surface area contributed by atoms with Crippen LogP contribution in [0.1, 0.15) is 0 Å². The summed E-state index contributed by atoms with van der Waals surface area (Å²) in [6.45, 7) is 3.30. The highest BCUT2D eigenvalue weighted by Gasteiger charge is 2.03. The van der Waals surface area contributed by atoms with Crippen LogP contribution in [0.5, 0.6) is 0 Å². The Morgan fingerprint density at radius 3 is 2.93 bits per heavy atom. The molecule has 76 valence electrons. The molecule has 0 bridgehead atoms. The van der Waals surface area contributed by atoms with Crippen LogP contribution in [0.2, 0.25) is 5.02 Å². The number of halogens is 1. The number of hydrogen-bond donors (Lipinski definition) is 1. The molecule has 0 fully saturated rings. The molecule has 0 spiro atoms. The van der Waals surface area contributed by atoms with Crippen LogP contribution in [0.15, 0.2) is 35.8 Å². The van der Waals surface area contributed by atoms with Crippen LogP contribution in [0, 0.1) is 0 Å². The van der Waals surface area contributed by atoms with Gasteiger partial charge in [0.25, 0.3) is 0 Å². The number of benzene rings is 1. The number of anilines is 1. The van der Waals surface area contributed by atoms with Gasteiger partial charge < -0.3 is 5.32 Å². The number of nitrogens with one attached hydrogen (secondary N) is 1. The molecule has 0 aliphatic rings. The van der Waals surface area contributed by atoms with Crippen molar-refractivity contribution in [2.24, 2.45) is 4.99 Å². The summed E-state index contributed by atoms with van der Waals surface area (Å²) in [5, 5.41) is 2.84. The van der Waals surface area contributed by atoms with E-state index in [1.165, 1.54) is 24.3 Å². The lowest BCUT2D eigenvalue weighted by Crippen LogP contribution is -2.07. The molecule has 1 rings (SSSR count). The van der Waals surface area contributed by atoms with Crippen LogP contribution in [0.25, 0.3) is 0 Å². The maximum Gasteiger partial charge on any atom is 0.247 e. The molecule has 1 N–H and O–H groups in total. The van der Waals surface area contributed by atoms with Crippen molar-refractivity contribution in [3.8, 4) is 0 Å². The van der Waals surface area contributed by atoms with Crippen molar-refractivity contribution in [2.45, 2.75) is 0 Å². The van der Waals surface area contributed by atoms with Crippen LogP contribution in [0.3, 0.4) is 0 Å². The van der Waals surface area contributed by atoms with E-state index >= 15 is 0 Å². The topological polar surface area (TPSA) is 58.5 Å². The number of rotatable bonds is 3. The lowest BCUT2D eigenvalue weighted by atomic mass is 10.3. The summed E-state index contributed by atoms with van der Waals surface area (Å²) in [5.74, 6) is -0.385. The van der Waals surface area contributed by atoms with Crippen LogP contribution < -0.4 is 5.32 Å². The van der Waals surface area contributed by atoms with E-state index in [-0.39, 0.29) is 5.91 Å². The summed E-state index contributed by atoms with van der Waals surface area (Å²) >= 11 is 5.81. The number of isocyanates is 1. The Hall–Kier alpha value is -1.90. The maximum absolute atomic E-state index is 11.0. The van der Waals surface area contributed by atoms with E-state index in [4.69, 9.17) is 11.6 Å². The van der Waals surface area contributed by atoms with Gasteiger partial charge in [0.1, 0.15) is 0 Å². The quantitative estimate of drug-likeness (QED) is 0.485. The minimum Gasteiger partial charge on any atom is -0.321 e. The molecule has 4 nitrogen and oxygen atoms in total. The fraction of sp³-hybridized carbons (Fsp3) is 0. The van der Waals surface area contributed by atoms with E-state index in [9.17, 15) is 9.59 Å². The fourth-order valence-corrected chi connectivity index (χ4v) is 1.08. The number of hydrogen-bond acceptors (Lipinski definition) is 3. The van der Waals surface area contributed by atoms with Gasteiger partial charge in [-0.3, -0.25) is 4.79 Å². The van der Waals surface area contributed by atoms with Crippen molar-refractivity contribution in [3.05, 3.63) is 35.9 Å². The van der Waals surface area contributed by atoms with E-state index in [1.54, 1.807) is 0 Å². The van der Waals surface area contributed by atoms with E-state index in [1.807, 2.05) is 0 Å². The molecule has 1 aromatic carbocycles. The lowest BCUT2D eigenvalue weighted by Gasteiger charge is -2.04. The average Bonchev–Trinajstić information content (AvgIpc) is 2.23. The highest BCUT2D eigenvalue weighted by molar-refractivity contribution is 6.34. The van der Waals surface area contributed by atoms with Crippen molar-refractivity contribution < 1.29 is 9.59 Å². The number of carbonyl (C=O) groups excluding carboxylic acids is 2. The molecule has 0 unspecified atom stereocenters. The summed E-state index contributed by atoms with van der Waals surface area (Å²) < 4.78 is 0. The maximum atomic E-state index is 11.0. The number of nitrogens with zero attached hydrogens (tertiary/aromatic N) is 1. The van der Waals surface area contributed by atoms with Gasteiger partial charge in [-0.2, -0.15) is 4.99 Å². The summed E-state index contributed by atoms with van der Waals surface area (Å²) in [6.07, 6.45) is 2.51. The smallest absolute Gasteiger partial charge is 0.247 e. The first-order valence-corrected chi connectivity index (χ1v) is 4.36. The van der Waals surface area contributed by atoms with Crippen LogP contribution >= 0.6 is 11.6 Å². The standard InChI is InChI=1S/C10H7ClN2O2/c1-2-10(15)13-9-5-7(12-6-14)3-4-8(9)11/h2-5H,1H2,(H,13,15). The van der Waals surface area contributed by atoms with Crippen LogP contribution in [0.4, 0.5) is 11.4 Å². The molecule has 0 aromatic heterocycles. The number of amides is 1. The van der Waals surface area contributed by atoms with Gasteiger partial charge in [0.05, 0.1) is 16.4 Å². The fourth-order valence-electron chi connectivity index (χ4n) is 0.915. The predicted molar refractivity (Wildman–Crippen MR) is 58.1 cm³/mol. The number of aliphatic imine (C=N–C) groups is 1.